The molecule has 0 aliphatic carbocycles. The molecule has 1 unspecified atom stereocenters. The van der Waals surface area contributed by atoms with Crippen LogP contribution in [0, 0.1) is 0 Å². The topological polar surface area (TPSA) is 83.5 Å². The number of ketones is 1. The van der Waals surface area contributed by atoms with Gasteiger partial charge in [0.2, 0.25) is 5.78 Å². The molecule has 1 aromatic rings. The Morgan fingerprint density at radius 3 is 2.37 bits per heavy atom. The van der Waals surface area contributed by atoms with Gasteiger partial charge >= 0.3 is 5.97 Å². The summed E-state index contributed by atoms with van der Waals surface area (Å²) in [6.07, 6.45) is 1.82. The number of unbranched alkanes of at least 4 members (excludes halogenated alkanes) is 1. The SMILES string of the molecule is CCCCC(NC(=O)C(=O)c1ccccc1)C(=O)O. The zero-order valence-electron chi connectivity index (χ0n) is 10.8. The van der Waals surface area contributed by atoms with Gasteiger partial charge in [-0.3, -0.25) is 9.59 Å². The van der Waals surface area contributed by atoms with Crippen LogP contribution in [0.2, 0.25) is 0 Å². The van der Waals surface area contributed by atoms with Gasteiger partial charge in [-0.15, -0.1) is 0 Å². The van der Waals surface area contributed by atoms with Crippen molar-refractivity contribution in [2.75, 3.05) is 0 Å². The van der Waals surface area contributed by atoms with Crippen LogP contribution >= 0.6 is 0 Å². The molecule has 0 aliphatic rings. The zero-order chi connectivity index (χ0) is 14.3. The molecule has 1 atom stereocenters. The third-order valence-corrected chi connectivity index (χ3v) is 2.69. The smallest absolute Gasteiger partial charge is 0.326 e. The van der Waals surface area contributed by atoms with Gasteiger partial charge in [-0.2, -0.15) is 0 Å². The van der Waals surface area contributed by atoms with Crippen molar-refractivity contribution in [3.63, 3.8) is 0 Å². The summed E-state index contributed by atoms with van der Waals surface area (Å²) in [6, 6.07) is 7.04. The van der Waals surface area contributed by atoms with Gasteiger partial charge in [0.1, 0.15) is 6.04 Å². The van der Waals surface area contributed by atoms with Gasteiger partial charge < -0.3 is 10.4 Å². The maximum atomic E-state index is 11.8. The van der Waals surface area contributed by atoms with Crippen molar-refractivity contribution in [2.45, 2.75) is 32.2 Å². The van der Waals surface area contributed by atoms with Gasteiger partial charge in [-0.1, -0.05) is 50.1 Å². The van der Waals surface area contributed by atoms with E-state index in [-0.39, 0.29) is 5.56 Å². The number of carbonyl (C=O) groups is 3. The molecular weight excluding hydrogens is 246 g/mol. The molecule has 0 aliphatic heterocycles. The van der Waals surface area contributed by atoms with Crippen LogP contribution in [-0.2, 0) is 9.59 Å². The van der Waals surface area contributed by atoms with Crippen LogP contribution in [0.3, 0.4) is 0 Å². The summed E-state index contributed by atoms with van der Waals surface area (Å²) in [5.74, 6) is -2.72. The predicted octanol–water partition coefficient (Wildman–Crippen LogP) is 1.63. The van der Waals surface area contributed by atoms with Crippen molar-refractivity contribution in [1.82, 2.24) is 5.32 Å². The standard InChI is InChI=1S/C14H17NO4/c1-2-3-9-11(14(18)19)15-13(17)12(16)10-7-5-4-6-8-10/h4-8,11H,2-3,9H2,1H3,(H,15,17)(H,18,19). The van der Waals surface area contributed by atoms with E-state index in [1.54, 1.807) is 18.2 Å². The lowest BCUT2D eigenvalue weighted by atomic mass is 10.1. The number of nitrogens with one attached hydrogen (secondary N) is 1. The monoisotopic (exact) mass is 263 g/mol. The van der Waals surface area contributed by atoms with Gasteiger partial charge in [0.15, 0.2) is 0 Å². The molecule has 0 spiro atoms. The lowest BCUT2D eigenvalue weighted by Gasteiger charge is -2.13. The van der Waals surface area contributed by atoms with Crippen molar-refractivity contribution in [1.29, 1.82) is 0 Å². The highest BCUT2D eigenvalue weighted by atomic mass is 16.4. The minimum absolute atomic E-state index is 0.250. The van der Waals surface area contributed by atoms with E-state index in [1.807, 2.05) is 6.92 Å². The molecule has 5 nitrogen and oxygen atoms in total. The number of amides is 1. The van der Waals surface area contributed by atoms with E-state index in [0.29, 0.717) is 12.8 Å². The lowest BCUT2D eigenvalue weighted by molar-refractivity contribution is -0.141. The number of rotatable bonds is 7. The van der Waals surface area contributed by atoms with Crippen molar-refractivity contribution < 1.29 is 19.5 Å². The fourth-order valence-electron chi connectivity index (χ4n) is 1.61. The average molecular weight is 263 g/mol. The van der Waals surface area contributed by atoms with Crippen molar-refractivity contribution in [2.24, 2.45) is 0 Å². The quantitative estimate of drug-likeness (QED) is 0.578. The molecule has 0 heterocycles. The summed E-state index contributed by atoms with van der Waals surface area (Å²) in [6.45, 7) is 1.93. The molecule has 0 fully saturated rings. The Morgan fingerprint density at radius 1 is 1.21 bits per heavy atom. The first-order valence-corrected chi connectivity index (χ1v) is 6.19. The van der Waals surface area contributed by atoms with E-state index in [0.717, 1.165) is 6.42 Å². The van der Waals surface area contributed by atoms with Crippen molar-refractivity contribution in [3.8, 4) is 0 Å². The van der Waals surface area contributed by atoms with Gasteiger partial charge in [0.05, 0.1) is 0 Å². The van der Waals surface area contributed by atoms with E-state index >= 15 is 0 Å². The summed E-state index contributed by atoms with van der Waals surface area (Å²) < 4.78 is 0. The van der Waals surface area contributed by atoms with Crippen LogP contribution < -0.4 is 5.32 Å². The van der Waals surface area contributed by atoms with Gasteiger partial charge in [-0.25, -0.2) is 4.79 Å². The van der Waals surface area contributed by atoms with Crippen LogP contribution in [0.15, 0.2) is 30.3 Å². The maximum absolute atomic E-state index is 11.8. The summed E-state index contributed by atoms with van der Waals surface area (Å²) in [5, 5.41) is 11.2. The molecule has 2 N–H and O–H groups in total. The Hall–Kier alpha value is -2.17. The molecule has 1 aromatic carbocycles. The van der Waals surface area contributed by atoms with Gasteiger partial charge in [0.25, 0.3) is 5.91 Å². The summed E-state index contributed by atoms with van der Waals surface area (Å²) in [5.41, 5.74) is 0.250. The number of carboxylic acid groups (broad SMARTS) is 1. The van der Waals surface area contributed by atoms with Crippen LogP contribution in [0.5, 0.6) is 0 Å². The number of Topliss-reactive ketones (excluding diaryl/α,β-unsaturated/α-hetero) is 1. The number of hydrogen-bond acceptors (Lipinski definition) is 3. The number of hydrogen-bond donors (Lipinski definition) is 2. The highest BCUT2D eigenvalue weighted by Gasteiger charge is 2.23. The molecule has 102 valence electrons. The number of benzene rings is 1. The van der Waals surface area contributed by atoms with Crippen molar-refractivity contribution >= 4 is 17.7 Å². The first kappa shape index (κ1) is 14.9. The second-order valence-electron chi connectivity index (χ2n) is 4.20. The largest absolute Gasteiger partial charge is 0.480 e. The number of aliphatic carboxylic acids is 1. The molecule has 0 aromatic heterocycles. The third kappa shape index (κ3) is 4.54. The second kappa shape index (κ2) is 7.31. The predicted molar refractivity (Wildman–Crippen MR) is 69.9 cm³/mol. The van der Waals surface area contributed by atoms with E-state index < -0.39 is 23.7 Å². The average Bonchev–Trinajstić information content (AvgIpc) is 2.43. The molecule has 0 bridgehead atoms. The number of carbonyl (C=O) groups excluding carboxylic acids is 2. The van der Waals surface area contributed by atoms with Crippen LogP contribution in [-0.4, -0.2) is 28.8 Å². The summed E-state index contributed by atoms with van der Waals surface area (Å²) in [7, 11) is 0. The normalized spacial score (nSPS) is 11.6. The van der Waals surface area contributed by atoms with Gasteiger partial charge in [-0.05, 0) is 6.42 Å². The molecule has 1 rings (SSSR count). The molecule has 1 amide bonds. The highest BCUT2D eigenvalue weighted by molar-refractivity contribution is 6.43. The molecule has 0 saturated carbocycles. The Morgan fingerprint density at radius 2 is 1.84 bits per heavy atom. The summed E-state index contributed by atoms with van der Waals surface area (Å²) in [4.78, 5) is 34.4. The minimum atomic E-state index is -1.12. The second-order valence-corrected chi connectivity index (χ2v) is 4.20. The third-order valence-electron chi connectivity index (χ3n) is 2.69. The fourth-order valence-corrected chi connectivity index (χ4v) is 1.61. The molecular formula is C14H17NO4. The van der Waals surface area contributed by atoms with E-state index in [4.69, 9.17) is 5.11 Å². The first-order chi connectivity index (χ1) is 9.06. The van der Waals surface area contributed by atoms with E-state index in [2.05, 4.69) is 5.32 Å². The Bertz CT molecular complexity index is 456. The zero-order valence-corrected chi connectivity index (χ0v) is 10.8. The molecule has 5 heteroatoms. The molecule has 0 radical (unpaired) electrons. The van der Waals surface area contributed by atoms with Crippen molar-refractivity contribution in [3.05, 3.63) is 35.9 Å². The molecule has 19 heavy (non-hydrogen) atoms. The van der Waals surface area contributed by atoms with Crippen LogP contribution in [0.4, 0.5) is 0 Å². The Labute approximate surface area is 111 Å². The highest BCUT2D eigenvalue weighted by Crippen LogP contribution is 2.03. The minimum Gasteiger partial charge on any atom is -0.480 e. The molecule has 0 saturated heterocycles. The van der Waals surface area contributed by atoms with Crippen LogP contribution in [0.1, 0.15) is 36.5 Å². The summed E-state index contributed by atoms with van der Waals surface area (Å²) >= 11 is 0. The van der Waals surface area contributed by atoms with Gasteiger partial charge in [0, 0.05) is 5.56 Å². The van der Waals surface area contributed by atoms with E-state index in [9.17, 15) is 14.4 Å². The Kier molecular flexibility index (Phi) is 5.73. The fraction of sp³-hybridized carbons (Fsp3) is 0.357. The first-order valence-electron chi connectivity index (χ1n) is 6.19. The Balaban J connectivity index is 2.67. The van der Waals surface area contributed by atoms with Crippen LogP contribution in [0.25, 0.3) is 0 Å². The number of carboxylic acids is 1. The van der Waals surface area contributed by atoms with E-state index in [1.165, 1.54) is 12.1 Å². The lowest BCUT2D eigenvalue weighted by Crippen LogP contribution is -2.43. The maximum Gasteiger partial charge on any atom is 0.326 e.